The first-order valence-corrected chi connectivity index (χ1v) is 5.96. The molecule has 0 aliphatic rings. The van der Waals surface area contributed by atoms with Crippen LogP contribution in [-0.2, 0) is 11.3 Å². The van der Waals surface area contributed by atoms with E-state index < -0.39 is 12.0 Å². The van der Waals surface area contributed by atoms with Crippen molar-refractivity contribution in [1.29, 1.82) is 0 Å². The van der Waals surface area contributed by atoms with Crippen LogP contribution in [-0.4, -0.2) is 12.0 Å². The van der Waals surface area contributed by atoms with Gasteiger partial charge in [0.1, 0.15) is 6.10 Å². The second-order valence-electron chi connectivity index (χ2n) is 3.79. The second kappa shape index (κ2) is 5.73. The van der Waals surface area contributed by atoms with Gasteiger partial charge in [0.25, 0.3) is 5.92 Å². The number of alkyl halides is 2. The zero-order chi connectivity index (χ0) is 12.2. The predicted octanol–water partition coefficient (Wildman–Crippen LogP) is 4.40. The maximum atomic E-state index is 13.0. The molecule has 4 heteroatoms. The molecule has 0 heterocycles. The largest absolute Gasteiger partial charge is 0.367 e. The van der Waals surface area contributed by atoms with Crippen LogP contribution in [0.5, 0.6) is 0 Å². The third-order valence-corrected chi connectivity index (χ3v) is 2.77. The van der Waals surface area contributed by atoms with Gasteiger partial charge in [0.05, 0.1) is 6.61 Å². The summed E-state index contributed by atoms with van der Waals surface area (Å²) in [5, 5.41) is 0. The van der Waals surface area contributed by atoms with Crippen LogP contribution in [0, 0.1) is 0 Å². The van der Waals surface area contributed by atoms with E-state index in [1.54, 1.807) is 6.92 Å². The third kappa shape index (κ3) is 4.18. The Hall–Kier alpha value is -0.480. The van der Waals surface area contributed by atoms with Crippen molar-refractivity contribution in [2.45, 2.75) is 38.9 Å². The lowest BCUT2D eigenvalue weighted by Gasteiger charge is -2.22. The zero-order valence-electron chi connectivity index (χ0n) is 9.34. The first-order chi connectivity index (χ1) is 7.43. The molecule has 0 aromatic heterocycles. The first kappa shape index (κ1) is 13.6. The van der Waals surface area contributed by atoms with Gasteiger partial charge in [-0.25, -0.2) is 8.78 Å². The van der Waals surface area contributed by atoms with Crippen molar-refractivity contribution >= 4 is 15.9 Å². The zero-order valence-corrected chi connectivity index (χ0v) is 10.9. The van der Waals surface area contributed by atoms with Crippen LogP contribution in [0.1, 0.15) is 25.8 Å². The van der Waals surface area contributed by atoms with E-state index in [2.05, 4.69) is 15.9 Å². The summed E-state index contributed by atoms with van der Waals surface area (Å²) >= 11 is 3.32. The maximum Gasteiger partial charge on any atom is 0.271 e. The summed E-state index contributed by atoms with van der Waals surface area (Å²) in [5.74, 6) is -2.79. The van der Waals surface area contributed by atoms with Gasteiger partial charge in [-0.1, -0.05) is 35.0 Å². The molecule has 0 spiro atoms. The molecule has 1 nitrogen and oxygen atoms in total. The van der Waals surface area contributed by atoms with Crippen molar-refractivity contribution in [2.75, 3.05) is 0 Å². The lowest BCUT2D eigenvalue weighted by molar-refractivity contribution is -0.131. The lowest BCUT2D eigenvalue weighted by Crippen LogP contribution is -2.32. The van der Waals surface area contributed by atoms with Crippen molar-refractivity contribution in [3.8, 4) is 0 Å². The van der Waals surface area contributed by atoms with E-state index in [1.165, 1.54) is 0 Å². The number of benzene rings is 1. The average Bonchev–Trinajstić information content (AvgIpc) is 2.16. The summed E-state index contributed by atoms with van der Waals surface area (Å²) in [4.78, 5) is 0. The Morgan fingerprint density at radius 3 is 2.62 bits per heavy atom. The predicted molar refractivity (Wildman–Crippen MR) is 63.6 cm³/mol. The van der Waals surface area contributed by atoms with Crippen LogP contribution < -0.4 is 0 Å². The topological polar surface area (TPSA) is 9.23 Å². The van der Waals surface area contributed by atoms with Crippen molar-refractivity contribution in [1.82, 2.24) is 0 Å². The van der Waals surface area contributed by atoms with Gasteiger partial charge >= 0.3 is 0 Å². The summed E-state index contributed by atoms with van der Waals surface area (Å²) in [5.41, 5.74) is 0.886. The Morgan fingerprint density at radius 1 is 1.44 bits per heavy atom. The molecule has 0 bridgehead atoms. The summed E-state index contributed by atoms with van der Waals surface area (Å²) in [6.45, 7) is 2.80. The highest BCUT2D eigenvalue weighted by molar-refractivity contribution is 9.10. The monoisotopic (exact) mass is 292 g/mol. The SMILES string of the molecule is CCC(OCc1cccc(Br)c1)C(C)(F)F. The van der Waals surface area contributed by atoms with Crippen LogP contribution in [0.3, 0.4) is 0 Å². The number of ether oxygens (including phenoxy) is 1. The molecule has 0 aliphatic heterocycles. The van der Waals surface area contributed by atoms with Crippen LogP contribution in [0.2, 0.25) is 0 Å². The molecule has 0 N–H and O–H groups in total. The van der Waals surface area contributed by atoms with E-state index in [9.17, 15) is 8.78 Å². The Balaban J connectivity index is 2.56. The molecular formula is C12H15BrF2O. The van der Waals surface area contributed by atoms with Crippen LogP contribution in [0.4, 0.5) is 8.78 Å². The van der Waals surface area contributed by atoms with Gasteiger partial charge in [-0.2, -0.15) is 0 Å². The fourth-order valence-corrected chi connectivity index (χ4v) is 1.89. The Kier molecular flexibility index (Phi) is 4.87. The van der Waals surface area contributed by atoms with Gasteiger partial charge in [-0.05, 0) is 24.1 Å². The van der Waals surface area contributed by atoms with Crippen LogP contribution >= 0.6 is 15.9 Å². The highest BCUT2D eigenvalue weighted by Crippen LogP contribution is 2.24. The highest BCUT2D eigenvalue weighted by Gasteiger charge is 2.33. The summed E-state index contributed by atoms with van der Waals surface area (Å²) in [6, 6.07) is 7.45. The Labute approximate surface area is 103 Å². The van der Waals surface area contributed by atoms with Crippen molar-refractivity contribution in [2.24, 2.45) is 0 Å². The molecule has 90 valence electrons. The molecule has 0 aliphatic carbocycles. The molecule has 0 saturated carbocycles. The molecule has 0 fully saturated rings. The Bertz CT molecular complexity index is 336. The van der Waals surface area contributed by atoms with Crippen LogP contribution in [0.25, 0.3) is 0 Å². The molecule has 1 aromatic carbocycles. The molecule has 0 amide bonds. The number of halogens is 3. The second-order valence-corrected chi connectivity index (χ2v) is 4.71. The molecule has 0 radical (unpaired) electrons. The average molecular weight is 293 g/mol. The normalized spacial score (nSPS) is 13.8. The minimum Gasteiger partial charge on any atom is -0.367 e. The fourth-order valence-electron chi connectivity index (χ4n) is 1.45. The standard InChI is InChI=1S/C12H15BrF2O/c1-3-11(12(2,14)15)16-8-9-5-4-6-10(13)7-9/h4-7,11H,3,8H2,1-2H3. The maximum absolute atomic E-state index is 13.0. The van der Waals surface area contributed by atoms with Crippen LogP contribution in [0.15, 0.2) is 28.7 Å². The molecule has 1 unspecified atom stereocenters. The number of rotatable bonds is 5. The highest BCUT2D eigenvalue weighted by atomic mass is 79.9. The third-order valence-electron chi connectivity index (χ3n) is 2.28. The molecule has 16 heavy (non-hydrogen) atoms. The van der Waals surface area contributed by atoms with E-state index in [-0.39, 0.29) is 6.61 Å². The molecule has 0 saturated heterocycles. The van der Waals surface area contributed by atoms with Crippen molar-refractivity contribution < 1.29 is 13.5 Å². The van der Waals surface area contributed by atoms with E-state index >= 15 is 0 Å². The smallest absolute Gasteiger partial charge is 0.271 e. The van der Waals surface area contributed by atoms with Gasteiger partial charge in [-0.15, -0.1) is 0 Å². The van der Waals surface area contributed by atoms with Gasteiger partial charge in [0, 0.05) is 11.4 Å². The quantitative estimate of drug-likeness (QED) is 0.782. The van der Waals surface area contributed by atoms with E-state index in [1.807, 2.05) is 24.3 Å². The van der Waals surface area contributed by atoms with E-state index in [0.717, 1.165) is 17.0 Å². The molecule has 1 aromatic rings. The fraction of sp³-hybridized carbons (Fsp3) is 0.500. The van der Waals surface area contributed by atoms with Gasteiger partial charge in [0.2, 0.25) is 0 Å². The minimum absolute atomic E-state index is 0.210. The summed E-state index contributed by atoms with van der Waals surface area (Å²) < 4.78 is 32.2. The lowest BCUT2D eigenvalue weighted by atomic mass is 10.1. The Morgan fingerprint density at radius 2 is 2.12 bits per heavy atom. The van der Waals surface area contributed by atoms with E-state index in [4.69, 9.17) is 4.74 Å². The van der Waals surface area contributed by atoms with Gasteiger partial charge < -0.3 is 4.74 Å². The van der Waals surface area contributed by atoms with Crippen molar-refractivity contribution in [3.05, 3.63) is 34.3 Å². The molecule has 1 rings (SSSR count). The molecule has 1 atom stereocenters. The minimum atomic E-state index is -2.79. The molecular weight excluding hydrogens is 278 g/mol. The summed E-state index contributed by atoms with van der Waals surface area (Å²) in [6.07, 6.45) is -0.719. The van der Waals surface area contributed by atoms with Crippen molar-refractivity contribution in [3.63, 3.8) is 0 Å². The number of hydrogen-bond acceptors (Lipinski definition) is 1. The number of hydrogen-bond donors (Lipinski definition) is 0. The summed E-state index contributed by atoms with van der Waals surface area (Å²) in [7, 11) is 0. The first-order valence-electron chi connectivity index (χ1n) is 5.17. The van der Waals surface area contributed by atoms with Gasteiger partial charge in [-0.3, -0.25) is 0 Å². The van der Waals surface area contributed by atoms with Gasteiger partial charge in [0.15, 0.2) is 0 Å². The van der Waals surface area contributed by atoms with E-state index in [0.29, 0.717) is 6.42 Å².